The van der Waals surface area contributed by atoms with Gasteiger partial charge in [0.05, 0.1) is 0 Å². The highest BCUT2D eigenvalue weighted by Crippen LogP contribution is 2.68. The average Bonchev–Trinajstić information content (AvgIpc) is 2.47. The van der Waals surface area contributed by atoms with E-state index >= 15 is 0 Å². The predicted molar refractivity (Wildman–Crippen MR) is 41.1 cm³/mol. The molecule has 0 radical (unpaired) electrons. The number of rotatable bonds is 1. The van der Waals surface area contributed by atoms with Gasteiger partial charge in [-0.2, -0.15) is 0 Å². The molecule has 2 saturated carbocycles. The van der Waals surface area contributed by atoms with Crippen LogP contribution in [0, 0.1) is 11.3 Å². The van der Waals surface area contributed by atoms with E-state index in [4.69, 9.17) is 0 Å². The maximum absolute atomic E-state index is 11.2. The summed E-state index contributed by atoms with van der Waals surface area (Å²) in [5.74, 6) is 0.519. The van der Waals surface area contributed by atoms with Crippen LogP contribution in [0.25, 0.3) is 0 Å². The molecular weight excluding hydrogens is 140 g/mol. The van der Waals surface area contributed by atoms with E-state index in [1.54, 1.807) is 0 Å². The molecule has 0 aliphatic heterocycles. The van der Waals surface area contributed by atoms with Gasteiger partial charge in [-0.1, -0.05) is 13.8 Å². The number of ketones is 1. The number of aliphatic hydroxyl groups is 1. The van der Waals surface area contributed by atoms with Crippen LogP contribution in [-0.4, -0.2) is 16.5 Å². The molecule has 2 rings (SSSR count). The zero-order valence-electron chi connectivity index (χ0n) is 7.05. The fraction of sp³-hybridized carbons (Fsp3) is 0.889. The van der Waals surface area contributed by atoms with Crippen molar-refractivity contribution in [2.75, 3.05) is 0 Å². The molecule has 62 valence electrons. The number of hydrogen-bond donors (Lipinski definition) is 1. The molecule has 2 nitrogen and oxygen atoms in total. The number of carbonyl (C=O) groups is 1. The summed E-state index contributed by atoms with van der Waals surface area (Å²) in [5, 5.41) is 9.81. The van der Waals surface area contributed by atoms with Gasteiger partial charge in [-0.15, -0.1) is 0 Å². The van der Waals surface area contributed by atoms with E-state index in [1.165, 1.54) is 0 Å². The van der Waals surface area contributed by atoms with E-state index in [-0.39, 0.29) is 11.2 Å². The zero-order valence-corrected chi connectivity index (χ0v) is 7.05. The third-order valence-corrected chi connectivity index (χ3v) is 3.63. The lowest BCUT2D eigenvalue weighted by atomic mass is 9.89. The molecule has 2 atom stereocenters. The van der Waals surface area contributed by atoms with Crippen LogP contribution in [0.15, 0.2) is 0 Å². The predicted octanol–water partition coefficient (Wildman–Crippen LogP) is 1.13. The summed E-state index contributed by atoms with van der Waals surface area (Å²) >= 11 is 0. The average molecular weight is 154 g/mol. The van der Waals surface area contributed by atoms with Gasteiger partial charge in [0.1, 0.15) is 5.60 Å². The molecule has 0 aromatic carbocycles. The maximum Gasteiger partial charge on any atom is 0.164 e. The number of fused-ring (bicyclic) bond motifs is 1. The summed E-state index contributed by atoms with van der Waals surface area (Å²) in [6.45, 7) is 4.19. The smallest absolute Gasteiger partial charge is 0.164 e. The van der Waals surface area contributed by atoms with Crippen molar-refractivity contribution in [3.8, 4) is 0 Å². The molecule has 2 heteroatoms. The second kappa shape index (κ2) is 1.69. The largest absolute Gasteiger partial charge is 0.381 e. The minimum atomic E-state index is -0.902. The Balaban J connectivity index is 2.30. The van der Waals surface area contributed by atoms with Crippen LogP contribution in [0.4, 0.5) is 0 Å². The summed E-state index contributed by atoms with van der Waals surface area (Å²) in [6, 6.07) is 0. The van der Waals surface area contributed by atoms with E-state index < -0.39 is 5.60 Å². The highest BCUT2D eigenvalue weighted by Gasteiger charge is 2.75. The van der Waals surface area contributed by atoms with E-state index in [9.17, 15) is 9.90 Å². The molecule has 0 bridgehead atoms. The topological polar surface area (TPSA) is 37.3 Å². The van der Waals surface area contributed by atoms with Gasteiger partial charge in [0.2, 0.25) is 0 Å². The molecule has 0 spiro atoms. The van der Waals surface area contributed by atoms with Crippen LogP contribution in [0.3, 0.4) is 0 Å². The van der Waals surface area contributed by atoms with Crippen molar-refractivity contribution in [3.05, 3.63) is 0 Å². The van der Waals surface area contributed by atoms with Gasteiger partial charge < -0.3 is 5.11 Å². The Morgan fingerprint density at radius 2 is 2.18 bits per heavy atom. The first-order valence-corrected chi connectivity index (χ1v) is 4.29. The Kier molecular flexibility index (Phi) is 1.12. The second-order valence-corrected chi connectivity index (χ2v) is 4.27. The SMILES string of the molecule is CC(C)C12CCC(=O)C1(O)C2. The van der Waals surface area contributed by atoms with Crippen LogP contribution in [0.5, 0.6) is 0 Å². The first-order chi connectivity index (χ1) is 5.03. The van der Waals surface area contributed by atoms with Gasteiger partial charge in [-0.05, 0) is 18.8 Å². The maximum atomic E-state index is 11.2. The first kappa shape index (κ1) is 7.29. The lowest BCUT2D eigenvalue weighted by molar-refractivity contribution is -0.128. The third-order valence-electron chi connectivity index (χ3n) is 3.63. The highest BCUT2D eigenvalue weighted by molar-refractivity contribution is 5.94. The minimum absolute atomic E-state index is 0.0237. The summed E-state index contributed by atoms with van der Waals surface area (Å²) in [6.07, 6.45) is 2.21. The number of Topliss-reactive ketones (excluding diaryl/α,β-unsaturated/α-hetero) is 1. The summed E-state index contributed by atoms with van der Waals surface area (Å²) in [5.41, 5.74) is -0.925. The van der Waals surface area contributed by atoms with E-state index in [1.807, 2.05) is 0 Å². The molecule has 2 unspecified atom stereocenters. The summed E-state index contributed by atoms with van der Waals surface area (Å²) in [7, 11) is 0. The van der Waals surface area contributed by atoms with Crippen LogP contribution in [-0.2, 0) is 4.79 Å². The molecule has 2 fully saturated rings. The van der Waals surface area contributed by atoms with Crippen LogP contribution < -0.4 is 0 Å². The van der Waals surface area contributed by atoms with Crippen LogP contribution in [0.2, 0.25) is 0 Å². The first-order valence-electron chi connectivity index (χ1n) is 4.29. The molecule has 2 aliphatic rings. The molecule has 0 aromatic rings. The van der Waals surface area contributed by atoms with Crippen molar-refractivity contribution < 1.29 is 9.90 Å². The van der Waals surface area contributed by atoms with Gasteiger partial charge >= 0.3 is 0 Å². The van der Waals surface area contributed by atoms with Crippen molar-refractivity contribution in [1.29, 1.82) is 0 Å². The van der Waals surface area contributed by atoms with Gasteiger partial charge in [0.15, 0.2) is 5.78 Å². The minimum Gasteiger partial charge on any atom is -0.381 e. The Hall–Kier alpha value is -0.370. The van der Waals surface area contributed by atoms with Crippen molar-refractivity contribution in [1.82, 2.24) is 0 Å². The van der Waals surface area contributed by atoms with Crippen molar-refractivity contribution in [2.45, 2.75) is 38.7 Å². The van der Waals surface area contributed by atoms with E-state index in [0.29, 0.717) is 12.3 Å². The Morgan fingerprint density at radius 3 is 2.36 bits per heavy atom. The fourth-order valence-electron chi connectivity index (χ4n) is 2.60. The second-order valence-electron chi connectivity index (χ2n) is 4.27. The molecule has 1 N–H and O–H groups in total. The van der Waals surface area contributed by atoms with Crippen LogP contribution in [0.1, 0.15) is 33.1 Å². The highest BCUT2D eigenvalue weighted by atomic mass is 16.3. The molecule has 2 aliphatic carbocycles. The number of carbonyl (C=O) groups excluding carboxylic acids is 1. The molecular formula is C9H14O2. The zero-order chi connectivity index (χ0) is 8.28. The normalized spacial score (nSPS) is 48.2. The molecule has 0 heterocycles. The fourth-order valence-corrected chi connectivity index (χ4v) is 2.60. The third kappa shape index (κ3) is 0.598. The molecule has 11 heavy (non-hydrogen) atoms. The van der Waals surface area contributed by atoms with Crippen molar-refractivity contribution in [3.63, 3.8) is 0 Å². The van der Waals surface area contributed by atoms with E-state index in [0.717, 1.165) is 12.8 Å². The standard InChI is InChI=1S/C9H14O2/c1-6(2)8-4-3-7(10)9(8,11)5-8/h6,11H,3-5H2,1-2H3. The Morgan fingerprint density at radius 1 is 1.55 bits per heavy atom. The van der Waals surface area contributed by atoms with Gasteiger partial charge in [0, 0.05) is 11.8 Å². The molecule has 0 saturated heterocycles. The Labute approximate surface area is 66.6 Å². The number of hydrogen-bond acceptors (Lipinski definition) is 2. The van der Waals surface area contributed by atoms with Crippen LogP contribution >= 0.6 is 0 Å². The monoisotopic (exact) mass is 154 g/mol. The van der Waals surface area contributed by atoms with Gasteiger partial charge in [-0.3, -0.25) is 4.79 Å². The summed E-state index contributed by atoms with van der Waals surface area (Å²) in [4.78, 5) is 11.2. The van der Waals surface area contributed by atoms with Crippen molar-refractivity contribution in [2.24, 2.45) is 11.3 Å². The summed E-state index contributed by atoms with van der Waals surface area (Å²) < 4.78 is 0. The Bertz CT molecular complexity index is 218. The van der Waals surface area contributed by atoms with Crippen molar-refractivity contribution >= 4 is 5.78 Å². The van der Waals surface area contributed by atoms with E-state index in [2.05, 4.69) is 13.8 Å². The molecule has 0 amide bonds. The quantitative estimate of drug-likeness (QED) is 0.614. The lowest BCUT2D eigenvalue weighted by Gasteiger charge is -2.16. The lowest BCUT2D eigenvalue weighted by Crippen LogP contribution is -2.24. The van der Waals surface area contributed by atoms with Gasteiger partial charge in [0.25, 0.3) is 0 Å². The molecule has 0 aromatic heterocycles. The van der Waals surface area contributed by atoms with Gasteiger partial charge in [-0.25, -0.2) is 0 Å².